The maximum Gasteiger partial charge on any atom is 0.118 e. The molecule has 0 atom stereocenters. The van der Waals surface area contributed by atoms with E-state index >= 15 is 0 Å². The van der Waals surface area contributed by atoms with Gasteiger partial charge in [-0.1, -0.05) is 12.1 Å². The maximum atomic E-state index is 5.15. The van der Waals surface area contributed by atoms with Gasteiger partial charge in [-0.05, 0) is 24.7 Å². The van der Waals surface area contributed by atoms with E-state index in [1.807, 2.05) is 12.1 Å². The van der Waals surface area contributed by atoms with Crippen molar-refractivity contribution in [3.05, 3.63) is 29.8 Å². The van der Waals surface area contributed by atoms with Crippen LogP contribution in [0.2, 0.25) is 0 Å². The summed E-state index contributed by atoms with van der Waals surface area (Å²) < 4.78 is 5.15. The fourth-order valence-corrected chi connectivity index (χ4v) is 2.28. The molecular formula is C15H25N3O. The number of methoxy groups -OCH3 is 1. The largest absolute Gasteiger partial charge is 0.497 e. The monoisotopic (exact) mass is 263 g/mol. The molecule has 0 saturated carbocycles. The molecule has 0 bridgehead atoms. The Kier molecular flexibility index (Phi) is 5.63. The number of piperazine rings is 1. The first-order valence-corrected chi connectivity index (χ1v) is 7.02. The summed E-state index contributed by atoms with van der Waals surface area (Å²) in [6.07, 6.45) is 0. The van der Waals surface area contributed by atoms with E-state index in [-0.39, 0.29) is 0 Å². The van der Waals surface area contributed by atoms with Crippen LogP contribution in [0.3, 0.4) is 0 Å². The van der Waals surface area contributed by atoms with Gasteiger partial charge in [0.2, 0.25) is 0 Å². The highest BCUT2D eigenvalue weighted by atomic mass is 16.5. The van der Waals surface area contributed by atoms with E-state index in [2.05, 4.69) is 34.3 Å². The van der Waals surface area contributed by atoms with Crippen molar-refractivity contribution >= 4 is 0 Å². The third-order valence-corrected chi connectivity index (χ3v) is 3.69. The number of hydrogen-bond donors (Lipinski definition) is 1. The Morgan fingerprint density at radius 1 is 1.11 bits per heavy atom. The van der Waals surface area contributed by atoms with E-state index in [1.165, 1.54) is 31.7 Å². The summed E-state index contributed by atoms with van der Waals surface area (Å²) in [5.41, 5.74) is 1.30. The molecule has 1 heterocycles. The van der Waals surface area contributed by atoms with E-state index in [0.29, 0.717) is 0 Å². The second-order valence-electron chi connectivity index (χ2n) is 5.17. The van der Waals surface area contributed by atoms with Crippen molar-refractivity contribution in [1.29, 1.82) is 0 Å². The highest BCUT2D eigenvalue weighted by Gasteiger charge is 2.12. The van der Waals surface area contributed by atoms with Crippen LogP contribution in [0.25, 0.3) is 0 Å². The van der Waals surface area contributed by atoms with Gasteiger partial charge >= 0.3 is 0 Å². The van der Waals surface area contributed by atoms with Gasteiger partial charge in [0.1, 0.15) is 5.75 Å². The zero-order valence-corrected chi connectivity index (χ0v) is 12.1. The normalized spacial score (nSPS) is 17.6. The molecule has 106 valence electrons. The number of nitrogens with one attached hydrogen (secondary N) is 1. The van der Waals surface area contributed by atoms with Gasteiger partial charge in [-0.2, -0.15) is 0 Å². The predicted molar refractivity (Wildman–Crippen MR) is 78.6 cm³/mol. The number of rotatable bonds is 6. The maximum absolute atomic E-state index is 5.15. The van der Waals surface area contributed by atoms with Crippen molar-refractivity contribution in [2.75, 3.05) is 53.4 Å². The first-order chi connectivity index (χ1) is 9.28. The molecule has 19 heavy (non-hydrogen) atoms. The van der Waals surface area contributed by atoms with Crippen LogP contribution in [0.4, 0.5) is 0 Å². The van der Waals surface area contributed by atoms with Gasteiger partial charge in [0.25, 0.3) is 0 Å². The van der Waals surface area contributed by atoms with Crippen molar-refractivity contribution in [3.63, 3.8) is 0 Å². The molecule has 0 aliphatic carbocycles. The van der Waals surface area contributed by atoms with Gasteiger partial charge in [0.05, 0.1) is 7.11 Å². The van der Waals surface area contributed by atoms with Crippen LogP contribution in [-0.4, -0.2) is 63.2 Å². The summed E-state index contributed by atoms with van der Waals surface area (Å²) in [7, 11) is 3.89. The van der Waals surface area contributed by atoms with Crippen molar-refractivity contribution < 1.29 is 4.74 Å². The van der Waals surface area contributed by atoms with E-state index in [1.54, 1.807) is 7.11 Å². The lowest BCUT2D eigenvalue weighted by molar-refractivity contribution is 0.154. The third-order valence-electron chi connectivity index (χ3n) is 3.69. The summed E-state index contributed by atoms with van der Waals surface area (Å²) in [6, 6.07) is 8.25. The topological polar surface area (TPSA) is 27.7 Å². The molecular weight excluding hydrogens is 238 g/mol. The van der Waals surface area contributed by atoms with Crippen LogP contribution < -0.4 is 10.1 Å². The molecule has 1 fully saturated rings. The minimum absolute atomic E-state index is 0.918. The van der Waals surface area contributed by atoms with Gasteiger partial charge in [-0.3, -0.25) is 4.90 Å². The van der Waals surface area contributed by atoms with Crippen LogP contribution in [0, 0.1) is 0 Å². The molecule has 1 aliphatic rings. The van der Waals surface area contributed by atoms with Gasteiger partial charge in [-0.15, -0.1) is 0 Å². The second kappa shape index (κ2) is 7.48. The van der Waals surface area contributed by atoms with E-state index < -0.39 is 0 Å². The summed E-state index contributed by atoms with van der Waals surface area (Å²) in [5, 5.41) is 3.50. The summed E-state index contributed by atoms with van der Waals surface area (Å²) in [5.74, 6) is 0.918. The minimum Gasteiger partial charge on any atom is -0.497 e. The standard InChI is InChI=1S/C15H25N3O/c1-17-9-11-18(12-10-17)8-7-16-13-14-3-5-15(19-2)6-4-14/h3-6,16H,7-13H2,1-2H3. The molecule has 0 radical (unpaired) electrons. The fourth-order valence-electron chi connectivity index (χ4n) is 2.28. The highest BCUT2D eigenvalue weighted by Crippen LogP contribution is 2.10. The molecule has 0 spiro atoms. The van der Waals surface area contributed by atoms with Gasteiger partial charge < -0.3 is 15.0 Å². The van der Waals surface area contributed by atoms with Crippen LogP contribution in [-0.2, 0) is 6.54 Å². The van der Waals surface area contributed by atoms with Crippen LogP contribution in [0.1, 0.15) is 5.56 Å². The molecule has 4 heteroatoms. The molecule has 0 amide bonds. The smallest absolute Gasteiger partial charge is 0.118 e. The van der Waals surface area contributed by atoms with Crippen molar-refractivity contribution in [3.8, 4) is 5.75 Å². The van der Waals surface area contributed by atoms with Crippen molar-refractivity contribution in [2.24, 2.45) is 0 Å². The number of likely N-dealkylation sites (N-methyl/N-ethyl adjacent to an activating group) is 1. The van der Waals surface area contributed by atoms with Crippen LogP contribution in [0.5, 0.6) is 5.75 Å². The molecule has 1 aromatic rings. The van der Waals surface area contributed by atoms with E-state index in [9.17, 15) is 0 Å². The van der Waals surface area contributed by atoms with Crippen molar-refractivity contribution in [2.45, 2.75) is 6.54 Å². The average Bonchev–Trinajstić information content (AvgIpc) is 2.46. The summed E-state index contributed by atoms with van der Waals surface area (Å²) in [6.45, 7) is 7.90. The van der Waals surface area contributed by atoms with E-state index in [4.69, 9.17) is 4.74 Å². The SMILES string of the molecule is COc1ccc(CNCCN2CCN(C)CC2)cc1. The Labute approximate surface area is 116 Å². The van der Waals surface area contributed by atoms with Crippen molar-refractivity contribution in [1.82, 2.24) is 15.1 Å². The quantitative estimate of drug-likeness (QED) is 0.776. The number of nitrogens with zero attached hydrogens (tertiary/aromatic N) is 2. The lowest BCUT2D eigenvalue weighted by Gasteiger charge is -2.32. The zero-order chi connectivity index (χ0) is 13.5. The molecule has 1 N–H and O–H groups in total. The Bertz CT molecular complexity index is 358. The third kappa shape index (κ3) is 4.82. The zero-order valence-electron chi connectivity index (χ0n) is 12.1. The molecule has 1 aromatic carbocycles. The molecule has 4 nitrogen and oxygen atoms in total. The molecule has 0 aromatic heterocycles. The Morgan fingerprint density at radius 2 is 1.79 bits per heavy atom. The molecule has 0 unspecified atom stereocenters. The van der Waals surface area contributed by atoms with E-state index in [0.717, 1.165) is 25.4 Å². The predicted octanol–water partition coefficient (Wildman–Crippen LogP) is 1.03. The Hall–Kier alpha value is -1.10. The van der Waals surface area contributed by atoms with Crippen LogP contribution >= 0.6 is 0 Å². The molecule has 2 rings (SSSR count). The number of ether oxygens (including phenoxy) is 1. The number of benzene rings is 1. The first kappa shape index (κ1) is 14.3. The molecule has 1 aliphatic heterocycles. The van der Waals surface area contributed by atoms with Crippen LogP contribution in [0.15, 0.2) is 24.3 Å². The average molecular weight is 263 g/mol. The minimum atomic E-state index is 0.918. The lowest BCUT2D eigenvalue weighted by Crippen LogP contribution is -2.46. The summed E-state index contributed by atoms with van der Waals surface area (Å²) >= 11 is 0. The van der Waals surface area contributed by atoms with Gasteiger partial charge in [0.15, 0.2) is 0 Å². The van der Waals surface area contributed by atoms with Gasteiger partial charge in [-0.25, -0.2) is 0 Å². The fraction of sp³-hybridized carbons (Fsp3) is 0.600. The van der Waals surface area contributed by atoms with Gasteiger partial charge in [0, 0.05) is 45.8 Å². The Morgan fingerprint density at radius 3 is 2.42 bits per heavy atom. The lowest BCUT2D eigenvalue weighted by atomic mass is 10.2. The Balaban J connectivity index is 1.61. The molecule has 1 saturated heterocycles. The second-order valence-corrected chi connectivity index (χ2v) is 5.17. The number of hydrogen-bond acceptors (Lipinski definition) is 4. The first-order valence-electron chi connectivity index (χ1n) is 7.02. The highest BCUT2D eigenvalue weighted by molar-refractivity contribution is 5.26. The summed E-state index contributed by atoms with van der Waals surface area (Å²) in [4.78, 5) is 4.92.